The van der Waals surface area contributed by atoms with E-state index in [-0.39, 0.29) is 5.91 Å². The van der Waals surface area contributed by atoms with Crippen molar-refractivity contribution in [2.75, 3.05) is 11.4 Å². The molecule has 2 nitrogen and oxygen atoms in total. The lowest BCUT2D eigenvalue weighted by Gasteiger charge is -2.21. The molecule has 15 heavy (non-hydrogen) atoms. The highest BCUT2D eigenvalue weighted by atomic mass is 16.2. The average Bonchev–Trinajstić information content (AvgIpc) is 2.18. The first-order valence-corrected chi connectivity index (χ1v) is 5.10. The second-order valence-corrected chi connectivity index (χ2v) is 3.67. The van der Waals surface area contributed by atoms with Gasteiger partial charge in [0.25, 0.3) is 5.91 Å². The summed E-state index contributed by atoms with van der Waals surface area (Å²) in [5.41, 5.74) is 2.66. The summed E-state index contributed by atoms with van der Waals surface area (Å²) in [7, 11) is 0. The van der Waals surface area contributed by atoms with E-state index in [9.17, 15) is 4.79 Å². The van der Waals surface area contributed by atoms with Crippen molar-refractivity contribution in [3.05, 3.63) is 42.0 Å². The van der Waals surface area contributed by atoms with Crippen molar-refractivity contribution in [1.82, 2.24) is 0 Å². The molecule has 0 aliphatic carbocycles. The van der Waals surface area contributed by atoms with Crippen molar-refractivity contribution in [2.24, 2.45) is 0 Å². The van der Waals surface area contributed by atoms with E-state index in [1.54, 1.807) is 11.8 Å². The summed E-state index contributed by atoms with van der Waals surface area (Å²) >= 11 is 0. The third kappa shape index (κ3) is 2.69. The maximum absolute atomic E-state index is 11.8. The summed E-state index contributed by atoms with van der Waals surface area (Å²) in [5.74, 6) is -0.0110. The van der Waals surface area contributed by atoms with Gasteiger partial charge in [-0.25, -0.2) is 0 Å². The van der Waals surface area contributed by atoms with Crippen molar-refractivity contribution >= 4 is 11.6 Å². The van der Waals surface area contributed by atoms with Gasteiger partial charge in [0.1, 0.15) is 0 Å². The van der Waals surface area contributed by atoms with Gasteiger partial charge in [-0.3, -0.25) is 4.79 Å². The van der Waals surface area contributed by atoms with Crippen molar-refractivity contribution < 1.29 is 4.79 Å². The molecule has 0 aromatic heterocycles. The van der Waals surface area contributed by atoms with Crippen molar-refractivity contribution in [3.8, 4) is 0 Å². The highest BCUT2D eigenvalue weighted by Crippen LogP contribution is 2.17. The van der Waals surface area contributed by atoms with E-state index in [0.717, 1.165) is 11.3 Å². The first-order chi connectivity index (χ1) is 7.06. The molecule has 0 fully saturated rings. The Bertz CT molecular complexity index is 382. The minimum atomic E-state index is -0.0110. The summed E-state index contributed by atoms with van der Waals surface area (Å²) in [4.78, 5) is 13.5. The molecule has 1 aromatic carbocycles. The Morgan fingerprint density at radius 1 is 1.47 bits per heavy atom. The number of hydrogen-bond acceptors (Lipinski definition) is 1. The molecule has 0 saturated heterocycles. The summed E-state index contributed by atoms with van der Waals surface area (Å²) < 4.78 is 0. The van der Waals surface area contributed by atoms with Gasteiger partial charge in [-0.05, 0) is 38.5 Å². The summed E-state index contributed by atoms with van der Waals surface area (Å²) in [6.07, 6.45) is 0. The lowest BCUT2D eigenvalue weighted by molar-refractivity contribution is -0.115. The minimum absolute atomic E-state index is 0.0110. The molecule has 0 N–H and O–H groups in total. The molecule has 0 spiro atoms. The Labute approximate surface area is 91.2 Å². The largest absolute Gasteiger partial charge is 0.309 e. The fourth-order valence-corrected chi connectivity index (χ4v) is 1.47. The van der Waals surface area contributed by atoms with E-state index < -0.39 is 0 Å². The normalized spacial score (nSPS) is 9.80. The third-order valence-electron chi connectivity index (χ3n) is 2.24. The molecule has 80 valence electrons. The van der Waals surface area contributed by atoms with Gasteiger partial charge in [-0.1, -0.05) is 18.7 Å². The highest BCUT2D eigenvalue weighted by molar-refractivity contribution is 6.04. The van der Waals surface area contributed by atoms with Crippen molar-refractivity contribution in [1.29, 1.82) is 0 Å². The molecule has 0 aliphatic heterocycles. The first-order valence-electron chi connectivity index (χ1n) is 5.10. The maximum atomic E-state index is 11.8. The Balaban J connectivity index is 3.02. The van der Waals surface area contributed by atoms with Gasteiger partial charge in [0.2, 0.25) is 0 Å². The number of amides is 1. The van der Waals surface area contributed by atoms with Crippen LogP contribution in [0.1, 0.15) is 19.4 Å². The van der Waals surface area contributed by atoms with Gasteiger partial charge in [0, 0.05) is 17.8 Å². The number of carbonyl (C=O) groups excluding carboxylic acids is 1. The summed E-state index contributed by atoms with van der Waals surface area (Å²) in [6.45, 7) is 10.1. The fourth-order valence-electron chi connectivity index (χ4n) is 1.47. The van der Waals surface area contributed by atoms with Gasteiger partial charge in [0.05, 0.1) is 0 Å². The highest BCUT2D eigenvalue weighted by Gasteiger charge is 2.13. The maximum Gasteiger partial charge on any atom is 0.253 e. The van der Waals surface area contributed by atoms with Crippen LogP contribution in [0, 0.1) is 6.92 Å². The van der Waals surface area contributed by atoms with Gasteiger partial charge in [0.15, 0.2) is 0 Å². The molecule has 0 heterocycles. The molecule has 2 heteroatoms. The molecule has 0 radical (unpaired) electrons. The number of benzene rings is 1. The van der Waals surface area contributed by atoms with Crippen LogP contribution in [0.15, 0.2) is 36.4 Å². The van der Waals surface area contributed by atoms with Crippen LogP contribution >= 0.6 is 0 Å². The molecule has 1 aromatic rings. The molecular weight excluding hydrogens is 186 g/mol. The Morgan fingerprint density at radius 3 is 2.60 bits per heavy atom. The number of aryl methyl sites for hydroxylation is 1. The number of rotatable bonds is 3. The van der Waals surface area contributed by atoms with Crippen molar-refractivity contribution in [3.63, 3.8) is 0 Å². The Kier molecular flexibility index (Phi) is 3.67. The van der Waals surface area contributed by atoms with Crippen LogP contribution < -0.4 is 4.90 Å². The lowest BCUT2D eigenvalue weighted by atomic mass is 10.2. The summed E-state index contributed by atoms with van der Waals surface area (Å²) in [5, 5.41) is 0. The zero-order valence-electron chi connectivity index (χ0n) is 9.58. The molecule has 0 aliphatic rings. The minimum Gasteiger partial charge on any atom is -0.309 e. The van der Waals surface area contributed by atoms with Gasteiger partial charge in [-0.15, -0.1) is 0 Å². The topological polar surface area (TPSA) is 20.3 Å². The van der Waals surface area contributed by atoms with E-state index in [1.807, 2.05) is 38.1 Å². The third-order valence-corrected chi connectivity index (χ3v) is 2.24. The van der Waals surface area contributed by atoms with Crippen molar-refractivity contribution in [2.45, 2.75) is 20.8 Å². The van der Waals surface area contributed by atoms with Crippen LogP contribution in [0.25, 0.3) is 0 Å². The number of nitrogens with zero attached hydrogens (tertiary/aromatic N) is 1. The van der Waals surface area contributed by atoms with Crippen LogP contribution in [-0.4, -0.2) is 12.5 Å². The van der Waals surface area contributed by atoms with Crippen LogP contribution in [0.5, 0.6) is 0 Å². The number of hydrogen-bond donors (Lipinski definition) is 0. The smallest absolute Gasteiger partial charge is 0.253 e. The molecule has 0 atom stereocenters. The quantitative estimate of drug-likeness (QED) is 0.692. The van der Waals surface area contributed by atoms with E-state index in [4.69, 9.17) is 0 Å². The number of carbonyl (C=O) groups is 1. The predicted molar refractivity (Wildman–Crippen MR) is 64.0 cm³/mol. The molecule has 0 bridgehead atoms. The molecule has 0 unspecified atom stereocenters. The summed E-state index contributed by atoms with van der Waals surface area (Å²) in [6, 6.07) is 7.92. The van der Waals surface area contributed by atoms with Gasteiger partial charge in [-0.2, -0.15) is 0 Å². The van der Waals surface area contributed by atoms with Crippen LogP contribution in [0.3, 0.4) is 0 Å². The van der Waals surface area contributed by atoms with E-state index in [2.05, 4.69) is 6.58 Å². The second kappa shape index (κ2) is 4.78. The first kappa shape index (κ1) is 11.5. The number of likely N-dealkylation sites (N-methyl/N-ethyl adjacent to an activating group) is 1. The van der Waals surface area contributed by atoms with E-state index >= 15 is 0 Å². The van der Waals surface area contributed by atoms with Crippen LogP contribution in [-0.2, 0) is 4.79 Å². The molecular formula is C13H17NO. The molecule has 1 rings (SSSR count). The Hall–Kier alpha value is -1.57. The SMILES string of the molecule is C=C(C)C(=O)N(CC)c1cccc(C)c1. The zero-order valence-corrected chi connectivity index (χ0v) is 9.58. The predicted octanol–water partition coefficient (Wildman–Crippen LogP) is 2.92. The molecule has 0 saturated carbocycles. The standard InChI is InChI=1S/C13H17NO/c1-5-14(13(15)10(2)3)12-8-6-7-11(4)9-12/h6-9H,2,5H2,1,3-4H3. The van der Waals surface area contributed by atoms with Gasteiger partial charge >= 0.3 is 0 Å². The van der Waals surface area contributed by atoms with Gasteiger partial charge < -0.3 is 4.90 Å². The van der Waals surface area contributed by atoms with E-state index in [1.165, 1.54) is 0 Å². The van der Waals surface area contributed by atoms with E-state index in [0.29, 0.717) is 12.1 Å². The fraction of sp³-hybridized carbons (Fsp3) is 0.308. The average molecular weight is 203 g/mol. The number of anilines is 1. The van der Waals surface area contributed by atoms with Crippen LogP contribution in [0.4, 0.5) is 5.69 Å². The lowest BCUT2D eigenvalue weighted by Crippen LogP contribution is -2.30. The molecule has 1 amide bonds. The monoisotopic (exact) mass is 203 g/mol. The second-order valence-electron chi connectivity index (χ2n) is 3.67. The van der Waals surface area contributed by atoms with Crippen LogP contribution in [0.2, 0.25) is 0 Å². The Morgan fingerprint density at radius 2 is 2.13 bits per heavy atom. The zero-order chi connectivity index (χ0) is 11.4.